The smallest absolute Gasteiger partial charge is 0.311 e. The average molecular weight is 329 g/mol. The van der Waals surface area contributed by atoms with Crippen LogP contribution in [0.1, 0.15) is 12.8 Å². The van der Waals surface area contributed by atoms with Gasteiger partial charge < -0.3 is 4.74 Å². The van der Waals surface area contributed by atoms with Crippen molar-refractivity contribution in [2.75, 3.05) is 5.75 Å². The van der Waals surface area contributed by atoms with Crippen LogP contribution in [-0.4, -0.2) is 16.7 Å². The van der Waals surface area contributed by atoms with E-state index in [4.69, 9.17) is 4.74 Å². The minimum absolute atomic E-state index is 0.184. The van der Waals surface area contributed by atoms with E-state index in [0.717, 1.165) is 22.0 Å². The monoisotopic (exact) mass is 329 g/mol. The molecule has 0 saturated carbocycles. The number of benzene rings is 2. The maximum atomic E-state index is 11.7. The first-order chi connectivity index (χ1) is 10.8. The van der Waals surface area contributed by atoms with Crippen LogP contribution >= 0.6 is 23.1 Å². The Morgan fingerprint density at radius 3 is 2.68 bits per heavy atom. The number of thiazole rings is 1. The fourth-order valence-corrected chi connectivity index (χ4v) is 4.04. The quantitative estimate of drug-likeness (QED) is 0.282. The van der Waals surface area contributed by atoms with Crippen molar-refractivity contribution in [1.82, 2.24) is 4.98 Å². The van der Waals surface area contributed by atoms with Crippen LogP contribution in [0.25, 0.3) is 10.2 Å². The van der Waals surface area contributed by atoms with Gasteiger partial charge in [-0.15, -0.1) is 11.3 Å². The number of nitrogens with zero attached hydrogens (tertiary/aromatic N) is 1. The molecular formula is C17H15NO2S2. The maximum absolute atomic E-state index is 11.7. The zero-order valence-electron chi connectivity index (χ0n) is 11.9. The van der Waals surface area contributed by atoms with E-state index in [9.17, 15) is 4.79 Å². The molecule has 0 spiro atoms. The number of aromatic nitrogens is 1. The second kappa shape index (κ2) is 7.42. The topological polar surface area (TPSA) is 39.2 Å². The summed E-state index contributed by atoms with van der Waals surface area (Å²) in [5.74, 6) is 1.28. The Balaban J connectivity index is 1.42. The Labute approximate surface area is 137 Å². The molecule has 0 atom stereocenters. The highest BCUT2D eigenvalue weighted by molar-refractivity contribution is 8.01. The van der Waals surface area contributed by atoms with Crippen LogP contribution in [-0.2, 0) is 4.79 Å². The van der Waals surface area contributed by atoms with Gasteiger partial charge in [-0.1, -0.05) is 42.1 Å². The second-order valence-electron chi connectivity index (χ2n) is 4.69. The molecule has 3 nitrogen and oxygen atoms in total. The van der Waals surface area contributed by atoms with Crippen molar-refractivity contribution in [3.8, 4) is 5.75 Å². The van der Waals surface area contributed by atoms with Gasteiger partial charge in [-0.05, 0) is 30.7 Å². The van der Waals surface area contributed by atoms with Crippen molar-refractivity contribution in [2.24, 2.45) is 0 Å². The Kier molecular flexibility index (Phi) is 5.08. The number of rotatable bonds is 6. The summed E-state index contributed by atoms with van der Waals surface area (Å²) >= 11 is 3.39. The lowest BCUT2D eigenvalue weighted by molar-refractivity contribution is -0.134. The maximum Gasteiger partial charge on any atom is 0.311 e. The largest absolute Gasteiger partial charge is 0.427 e. The molecule has 0 bridgehead atoms. The van der Waals surface area contributed by atoms with E-state index in [1.54, 1.807) is 35.2 Å². The number of hydrogen-bond acceptors (Lipinski definition) is 5. The normalized spacial score (nSPS) is 10.7. The van der Waals surface area contributed by atoms with Crippen molar-refractivity contribution >= 4 is 39.3 Å². The average Bonchev–Trinajstić information content (AvgIpc) is 2.95. The molecule has 0 aliphatic rings. The van der Waals surface area contributed by atoms with Gasteiger partial charge in [0.05, 0.1) is 10.2 Å². The van der Waals surface area contributed by atoms with E-state index in [-0.39, 0.29) is 5.97 Å². The number of thioether (sulfide) groups is 1. The van der Waals surface area contributed by atoms with Crippen LogP contribution in [0.15, 0.2) is 58.9 Å². The van der Waals surface area contributed by atoms with Gasteiger partial charge in [-0.25, -0.2) is 4.98 Å². The van der Waals surface area contributed by atoms with Gasteiger partial charge in [-0.3, -0.25) is 4.79 Å². The van der Waals surface area contributed by atoms with Gasteiger partial charge in [0.2, 0.25) is 0 Å². The lowest BCUT2D eigenvalue weighted by atomic mass is 10.3. The summed E-state index contributed by atoms with van der Waals surface area (Å²) in [5, 5.41) is 0. The molecule has 0 N–H and O–H groups in total. The summed E-state index contributed by atoms with van der Waals surface area (Å²) in [6.45, 7) is 0. The molecule has 3 rings (SSSR count). The molecule has 2 aromatic carbocycles. The number of carbonyl (C=O) groups excluding carboxylic acids is 1. The summed E-state index contributed by atoms with van der Waals surface area (Å²) in [4.78, 5) is 16.3. The zero-order valence-corrected chi connectivity index (χ0v) is 13.5. The van der Waals surface area contributed by atoms with Crippen molar-refractivity contribution in [3.63, 3.8) is 0 Å². The lowest BCUT2D eigenvalue weighted by Gasteiger charge is -2.03. The van der Waals surface area contributed by atoms with Crippen LogP contribution in [0.4, 0.5) is 0 Å². The van der Waals surface area contributed by atoms with Crippen molar-refractivity contribution in [1.29, 1.82) is 0 Å². The SMILES string of the molecule is O=C(CCCSc1nc2ccccc2s1)Oc1ccccc1. The van der Waals surface area contributed by atoms with Gasteiger partial charge in [0, 0.05) is 12.2 Å². The first-order valence-corrected chi connectivity index (χ1v) is 8.85. The van der Waals surface area contributed by atoms with Crippen LogP contribution in [0.2, 0.25) is 0 Å². The molecule has 0 unspecified atom stereocenters. The molecule has 1 aromatic heterocycles. The third kappa shape index (κ3) is 4.08. The molecule has 1 heterocycles. The standard InChI is InChI=1S/C17H15NO2S2/c19-16(20-13-7-2-1-3-8-13)11-6-12-21-17-18-14-9-4-5-10-15(14)22-17/h1-5,7-10H,6,11-12H2. The first kappa shape index (κ1) is 15.1. The molecule has 0 saturated heterocycles. The fourth-order valence-electron chi connectivity index (χ4n) is 1.96. The summed E-state index contributed by atoms with van der Waals surface area (Å²) in [7, 11) is 0. The van der Waals surface area contributed by atoms with Gasteiger partial charge in [0.15, 0.2) is 4.34 Å². The summed E-state index contributed by atoms with van der Waals surface area (Å²) in [5.41, 5.74) is 1.04. The van der Waals surface area contributed by atoms with Crippen molar-refractivity contribution in [2.45, 2.75) is 17.2 Å². The molecule has 0 amide bonds. The summed E-state index contributed by atoms with van der Waals surface area (Å²) in [6, 6.07) is 17.3. The van der Waals surface area contributed by atoms with Gasteiger partial charge in [0.25, 0.3) is 0 Å². The van der Waals surface area contributed by atoms with E-state index in [2.05, 4.69) is 11.1 Å². The fraction of sp³-hybridized carbons (Fsp3) is 0.176. The Bertz CT molecular complexity index is 722. The van der Waals surface area contributed by atoms with Crippen LogP contribution in [0.3, 0.4) is 0 Å². The van der Waals surface area contributed by atoms with Crippen LogP contribution in [0, 0.1) is 0 Å². The number of ether oxygens (including phenoxy) is 1. The highest BCUT2D eigenvalue weighted by Gasteiger charge is 2.06. The van der Waals surface area contributed by atoms with E-state index in [1.165, 1.54) is 4.70 Å². The molecule has 5 heteroatoms. The Morgan fingerprint density at radius 2 is 1.86 bits per heavy atom. The van der Waals surface area contributed by atoms with E-state index < -0.39 is 0 Å². The summed E-state index contributed by atoms with van der Waals surface area (Å²) in [6.07, 6.45) is 1.21. The summed E-state index contributed by atoms with van der Waals surface area (Å²) < 4.78 is 7.51. The minimum atomic E-state index is -0.184. The van der Waals surface area contributed by atoms with E-state index >= 15 is 0 Å². The zero-order chi connectivity index (χ0) is 15.2. The predicted molar refractivity (Wildman–Crippen MR) is 91.7 cm³/mol. The first-order valence-electron chi connectivity index (χ1n) is 7.05. The van der Waals surface area contributed by atoms with Crippen LogP contribution < -0.4 is 4.74 Å². The second-order valence-corrected chi connectivity index (χ2v) is 7.06. The molecule has 0 aliphatic carbocycles. The van der Waals surface area contributed by atoms with Gasteiger partial charge >= 0.3 is 5.97 Å². The third-order valence-electron chi connectivity index (χ3n) is 3.00. The van der Waals surface area contributed by atoms with Crippen molar-refractivity contribution < 1.29 is 9.53 Å². The molecule has 112 valence electrons. The Morgan fingerprint density at radius 1 is 1.09 bits per heavy atom. The molecular weight excluding hydrogens is 314 g/mol. The highest BCUT2D eigenvalue weighted by atomic mass is 32.2. The van der Waals surface area contributed by atoms with Gasteiger partial charge in [0.1, 0.15) is 5.75 Å². The predicted octanol–water partition coefficient (Wildman–Crippen LogP) is 4.77. The third-order valence-corrected chi connectivity index (χ3v) is 5.27. The number of hydrogen-bond donors (Lipinski definition) is 0. The number of esters is 1. The van der Waals surface area contributed by atoms with E-state index in [1.807, 2.05) is 36.4 Å². The van der Waals surface area contributed by atoms with Crippen LogP contribution in [0.5, 0.6) is 5.75 Å². The molecule has 0 fully saturated rings. The lowest BCUT2D eigenvalue weighted by Crippen LogP contribution is -2.07. The molecule has 0 aliphatic heterocycles. The molecule has 0 radical (unpaired) electrons. The number of carbonyl (C=O) groups is 1. The van der Waals surface area contributed by atoms with E-state index in [0.29, 0.717) is 12.2 Å². The number of para-hydroxylation sites is 2. The van der Waals surface area contributed by atoms with Crippen molar-refractivity contribution in [3.05, 3.63) is 54.6 Å². The van der Waals surface area contributed by atoms with Gasteiger partial charge in [-0.2, -0.15) is 0 Å². The highest BCUT2D eigenvalue weighted by Crippen LogP contribution is 2.29. The number of fused-ring (bicyclic) bond motifs is 1. The molecule has 3 aromatic rings. The molecule has 22 heavy (non-hydrogen) atoms. The Hall–Kier alpha value is -1.85. The minimum Gasteiger partial charge on any atom is -0.427 e.